The molecule has 0 radical (unpaired) electrons. The van der Waals surface area contributed by atoms with Gasteiger partial charge in [-0.3, -0.25) is 4.79 Å². The van der Waals surface area contributed by atoms with Crippen molar-refractivity contribution in [2.75, 3.05) is 6.54 Å². The fourth-order valence-corrected chi connectivity index (χ4v) is 3.66. The summed E-state index contributed by atoms with van der Waals surface area (Å²) in [7, 11) is 0. The van der Waals surface area contributed by atoms with Crippen molar-refractivity contribution in [3.63, 3.8) is 0 Å². The summed E-state index contributed by atoms with van der Waals surface area (Å²) in [6.45, 7) is 1.63. The molecule has 0 spiro atoms. The van der Waals surface area contributed by atoms with Gasteiger partial charge in [-0.15, -0.1) is 0 Å². The summed E-state index contributed by atoms with van der Waals surface area (Å²) in [5, 5.41) is 3.29. The molecule has 1 fully saturated rings. The van der Waals surface area contributed by atoms with Crippen molar-refractivity contribution in [2.24, 2.45) is 5.73 Å². The van der Waals surface area contributed by atoms with Gasteiger partial charge in [-0.25, -0.2) is 4.98 Å². The molecule has 1 aliphatic carbocycles. The number of hydrogen-bond acceptors (Lipinski definition) is 5. The van der Waals surface area contributed by atoms with Gasteiger partial charge in [0.05, 0.1) is 16.3 Å². The molecule has 3 N–H and O–H groups in total. The van der Waals surface area contributed by atoms with Crippen LogP contribution in [0.15, 0.2) is 12.1 Å². The largest absolute Gasteiger partial charge is 0.364 e. The summed E-state index contributed by atoms with van der Waals surface area (Å²) in [5.41, 5.74) is 10.2. The number of amides is 1. The average Bonchev–Trinajstić information content (AvgIpc) is 3.24. The molecule has 1 saturated carbocycles. The van der Waals surface area contributed by atoms with E-state index >= 15 is 0 Å². The maximum atomic E-state index is 11.5. The Kier molecular flexibility index (Phi) is 3.01. The van der Waals surface area contributed by atoms with Crippen LogP contribution in [0.2, 0.25) is 0 Å². The molecule has 0 unspecified atom stereocenters. The van der Waals surface area contributed by atoms with Gasteiger partial charge in [-0.05, 0) is 55.0 Å². The molecule has 2 aliphatic rings. The van der Waals surface area contributed by atoms with Gasteiger partial charge in [0.15, 0.2) is 0 Å². The summed E-state index contributed by atoms with van der Waals surface area (Å²) in [6.07, 6.45) is 3.41. The van der Waals surface area contributed by atoms with Crippen LogP contribution >= 0.6 is 11.5 Å². The standard InChI is InChI=1S/C15H16N4OS/c16-15(20)12-5-10(9-3-4-17-7-13(9)18-12)14-6-11(19-21-14)8-1-2-8/h5-6,8,17H,1-4,7H2,(H2,16,20). The van der Waals surface area contributed by atoms with E-state index in [9.17, 15) is 4.79 Å². The van der Waals surface area contributed by atoms with E-state index in [1.807, 2.05) is 6.07 Å². The molecule has 21 heavy (non-hydrogen) atoms. The van der Waals surface area contributed by atoms with E-state index in [0.717, 1.165) is 29.1 Å². The molecule has 108 valence electrons. The lowest BCUT2D eigenvalue weighted by atomic mass is 9.97. The Labute approximate surface area is 126 Å². The van der Waals surface area contributed by atoms with Gasteiger partial charge in [-0.1, -0.05) is 0 Å². The average molecular weight is 300 g/mol. The first-order valence-corrected chi connectivity index (χ1v) is 8.00. The lowest BCUT2D eigenvalue weighted by molar-refractivity contribution is 0.0995. The predicted octanol–water partition coefficient (Wildman–Crippen LogP) is 1.83. The van der Waals surface area contributed by atoms with Crippen molar-refractivity contribution in [2.45, 2.75) is 31.7 Å². The zero-order valence-corrected chi connectivity index (χ0v) is 12.4. The maximum Gasteiger partial charge on any atom is 0.267 e. The highest BCUT2D eigenvalue weighted by Crippen LogP contribution is 2.42. The molecule has 6 heteroatoms. The first-order chi connectivity index (χ1) is 10.2. The second-order valence-corrected chi connectivity index (χ2v) is 6.47. The highest BCUT2D eigenvalue weighted by molar-refractivity contribution is 7.09. The number of primary amides is 1. The normalized spacial score (nSPS) is 17.5. The Hall–Kier alpha value is -1.79. The number of rotatable bonds is 3. The third-order valence-corrected chi connectivity index (χ3v) is 4.93. The summed E-state index contributed by atoms with van der Waals surface area (Å²) in [6, 6.07) is 4.00. The molecule has 4 rings (SSSR count). The zero-order chi connectivity index (χ0) is 14.4. The van der Waals surface area contributed by atoms with Crippen molar-refractivity contribution in [3.05, 3.63) is 34.8 Å². The Morgan fingerprint density at radius 2 is 2.24 bits per heavy atom. The third kappa shape index (κ3) is 2.34. The van der Waals surface area contributed by atoms with Gasteiger partial charge >= 0.3 is 0 Å². The number of fused-ring (bicyclic) bond motifs is 1. The number of hydrogen-bond donors (Lipinski definition) is 2. The second kappa shape index (κ2) is 4.89. The highest BCUT2D eigenvalue weighted by atomic mass is 32.1. The van der Waals surface area contributed by atoms with Gasteiger partial charge in [-0.2, -0.15) is 4.37 Å². The number of aromatic nitrogens is 2. The van der Waals surface area contributed by atoms with Crippen LogP contribution in [0.5, 0.6) is 0 Å². The van der Waals surface area contributed by atoms with E-state index in [1.165, 1.54) is 35.6 Å². The lowest BCUT2D eigenvalue weighted by Gasteiger charge is -2.19. The summed E-state index contributed by atoms with van der Waals surface area (Å²) < 4.78 is 4.57. The van der Waals surface area contributed by atoms with E-state index < -0.39 is 5.91 Å². The fraction of sp³-hybridized carbons (Fsp3) is 0.400. The van der Waals surface area contributed by atoms with E-state index in [1.54, 1.807) is 0 Å². The lowest BCUT2D eigenvalue weighted by Crippen LogP contribution is -2.27. The van der Waals surface area contributed by atoms with Gasteiger partial charge in [0.1, 0.15) is 5.69 Å². The van der Waals surface area contributed by atoms with Crippen LogP contribution < -0.4 is 11.1 Å². The highest BCUT2D eigenvalue weighted by Gasteiger charge is 2.27. The quantitative estimate of drug-likeness (QED) is 0.906. The van der Waals surface area contributed by atoms with Crippen LogP contribution in [0.4, 0.5) is 0 Å². The van der Waals surface area contributed by atoms with Crippen LogP contribution in [0.25, 0.3) is 10.4 Å². The number of carbonyl (C=O) groups is 1. The van der Waals surface area contributed by atoms with E-state index in [4.69, 9.17) is 5.73 Å². The second-order valence-electron chi connectivity index (χ2n) is 5.66. The minimum absolute atomic E-state index is 0.342. The Morgan fingerprint density at radius 1 is 1.38 bits per heavy atom. The molecule has 5 nitrogen and oxygen atoms in total. The van der Waals surface area contributed by atoms with Gasteiger partial charge in [0, 0.05) is 18.0 Å². The predicted molar refractivity (Wildman–Crippen MR) is 81.2 cm³/mol. The molecule has 3 heterocycles. The molecule has 0 bridgehead atoms. The van der Waals surface area contributed by atoms with Crippen molar-refractivity contribution in [3.8, 4) is 10.4 Å². The van der Waals surface area contributed by atoms with Crippen molar-refractivity contribution < 1.29 is 4.79 Å². The Morgan fingerprint density at radius 3 is 3.00 bits per heavy atom. The van der Waals surface area contributed by atoms with Crippen LogP contribution in [-0.4, -0.2) is 21.8 Å². The Balaban J connectivity index is 1.84. The first-order valence-electron chi connectivity index (χ1n) is 7.22. The summed E-state index contributed by atoms with van der Waals surface area (Å²) in [5.74, 6) is 0.168. The van der Waals surface area contributed by atoms with Crippen molar-refractivity contribution in [1.82, 2.24) is 14.7 Å². The van der Waals surface area contributed by atoms with E-state index in [2.05, 4.69) is 20.7 Å². The van der Waals surface area contributed by atoms with E-state index in [-0.39, 0.29) is 0 Å². The van der Waals surface area contributed by atoms with Gasteiger partial charge in [0.2, 0.25) is 0 Å². The minimum Gasteiger partial charge on any atom is -0.364 e. The number of nitrogens with zero attached hydrogens (tertiary/aromatic N) is 2. The molecular formula is C15H16N4OS. The molecule has 1 aliphatic heterocycles. The maximum absolute atomic E-state index is 11.5. The number of nitrogens with two attached hydrogens (primary N) is 1. The zero-order valence-electron chi connectivity index (χ0n) is 11.6. The smallest absolute Gasteiger partial charge is 0.267 e. The third-order valence-electron chi connectivity index (χ3n) is 4.10. The van der Waals surface area contributed by atoms with Crippen LogP contribution in [-0.2, 0) is 13.0 Å². The van der Waals surface area contributed by atoms with Crippen LogP contribution in [0.1, 0.15) is 46.2 Å². The number of nitrogens with one attached hydrogen (secondary N) is 1. The molecule has 0 atom stereocenters. The van der Waals surface area contributed by atoms with Crippen LogP contribution in [0, 0.1) is 0 Å². The molecule has 2 aromatic rings. The summed E-state index contributed by atoms with van der Waals surface area (Å²) >= 11 is 1.51. The Bertz CT molecular complexity index is 720. The minimum atomic E-state index is -0.475. The SMILES string of the molecule is NC(=O)c1cc(-c2cc(C3CC3)ns2)c2c(n1)CNCC2. The van der Waals surface area contributed by atoms with Crippen LogP contribution in [0.3, 0.4) is 0 Å². The van der Waals surface area contributed by atoms with E-state index in [0.29, 0.717) is 18.2 Å². The summed E-state index contributed by atoms with van der Waals surface area (Å²) in [4.78, 5) is 17.0. The number of carbonyl (C=O) groups excluding carboxylic acids is 1. The molecular weight excluding hydrogens is 284 g/mol. The first kappa shape index (κ1) is 12.9. The topological polar surface area (TPSA) is 80.9 Å². The number of pyridine rings is 1. The van der Waals surface area contributed by atoms with Gasteiger partial charge < -0.3 is 11.1 Å². The van der Waals surface area contributed by atoms with Gasteiger partial charge in [0.25, 0.3) is 5.91 Å². The molecule has 0 aromatic carbocycles. The molecule has 0 saturated heterocycles. The molecule has 1 amide bonds. The fourth-order valence-electron chi connectivity index (χ4n) is 2.80. The van der Waals surface area contributed by atoms with Crippen molar-refractivity contribution >= 4 is 17.4 Å². The monoisotopic (exact) mass is 300 g/mol. The van der Waals surface area contributed by atoms with Crippen molar-refractivity contribution in [1.29, 1.82) is 0 Å². The molecule has 2 aromatic heterocycles.